The Morgan fingerprint density at radius 2 is 2.14 bits per heavy atom. The molecule has 0 spiro atoms. The molecule has 1 aliphatic carbocycles. The van der Waals surface area contributed by atoms with Crippen LogP contribution in [0.15, 0.2) is 24.3 Å². The van der Waals surface area contributed by atoms with Gasteiger partial charge in [0.05, 0.1) is 10.8 Å². The summed E-state index contributed by atoms with van der Waals surface area (Å²) in [5.41, 5.74) is 0.854. The van der Waals surface area contributed by atoms with Gasteiger partial charge in [-0.1, -0.05) is 24.6 Å². The standard InChI is InChI=1S/C15H20N2O4/c18-15(19)12-5-3-6-13(10-12)16-9-8-11-4-1-2-7-14(11)17(20)21/h1-2,4,7,12-13,16H,3,5-6,8-10H2,(H,18,19). The minimum atomic E-state index is -0.722. The second kappa shape index (κ2) is 7.17. The summed E-state index contributed by atoms with van der Waals surface area (Å²) in [4.78, 5) is 21.6. The molecule has 0 aromatic heterocycles. The van der Waals surface area contributed by atoms with Crippen molar-refractivity contribution in [1.82, 2.24) is 5.32 Å². The van der Waals surface area contributed by atoms with Crippen molar-refractivity contribution < 1.29 is 14.8 Å². The van der Waals surface area contributed by atoms with Gasteiger partial charge in [-0.2, -0.15) is 0 Å². The van der Waals surface area contributed by atoms with Crippen molar-refractivity contribution in [3.8, 4) is 0 Å². The van der Waals surface area contributed by atoms with Crippen molar-refractivity contribution >= 4 is 11.7 Å². The fraction of sp³-hybridized carbons (Fsp3) is 0.533. The van der Waals surface area contributed by atoms with Crippen molar-refractivity contribution in [2.75, 3.05) is 6.54 Å². The summed E-state index contributed by atoms with van der Waals surface area (Å²) in [6.07, 6.45) is 3.86. The van der Waals surface area contributed by atoms with E-state index < -0.39 is 5.97 Å². The number of rotatable bonds is 6. The highest BCUT2D eigenvalue weighted by molar-refractivity contribution is 5.70. The molecule has 1 fully saturated rings. The molecule has 0 radical (unpaired) electrons. The molecule has 2 N–H and O–H groups in total. The molecule has 21 heavy (non-hydrogen) atoms. The highest BCUT2D eigenvalue weighted by Gasteiger charge is 2.26. The third-order valence-electron chi connectivity index (χ3n) is 4.04. The molecule has 114 valence electrons. The van der Waals surface area contributed by atoms with Crippen LogP contribution in [0.5, 0.6) is 0 Å². The Labute approximate surface area is 123 Å². The Morgan fingerprint density at radius 3 is 2.86 bits per heavy atom. The Kier molecular flexibility index (Phi) is 5.27. The van der Waals surface area contributed by atoms with E-state index in [0.29, 0.717) is 24.9 Å². The summed E-state index contributed by atoms with van der Waals surface area (Å²) in [6.45, 7) is 0.627. The van der Waals surface area contributed by atoms with E-state index in [1.165, 1.54) is 6.07 Å². The number of para-hydroxylation sites is 1. The largest absolute Gasteiger partial charge is 0.481 e. The molecule has 6 nitrogen and oxygen atoms in total. The predicted octanol–water partition coefficient (Wildman–Crippen LogP) is 2.37. The smallest absolute Gasteiger partial charge is 0.306 e. The lowest BCUT2D eigenvalue weighted by molar-refractivity contribution is -0.385. The molecular weight excluding hydrogens is 272 g/mol. The van der Waals surface area contributed by atoms with Crippen molar-refractivity contribution in [3.05, 3.63) is 39.9 Å². The normalized spacial score (nSPS) is 21.9. The molecule has 1 aromatic carbocycles. The van der Waals surface area contributed by atoms with Gasteiger partial charge in [0.15, 0.2) is 0 Å². The molecule has 2 unspecified atom stereocenters. The first-order valence-corrected chi connectivity index (χ1v) is 7.26. The highest BCUT2D eigenvalue weighted by atomic mass is 16.6. The molecule has 0 saturated heterocycles. The third kappa shape index (κ3) is 4.26. The number of hydrogen-bond acceptors (Lipinski definition) is 4. The number of nitrogens with zero attached hydrogens (tertiary/aromatic N) is 1. The zero-order valence-electron chi connectivity index (χ0n) is 11.8. The average molecular weight is 292 g/mol. The van der Waals surface area contributed by atoms with Crippen molar-refractivity contribution in [2.45, 2.75) is 38.1 Å². The predicted molar refractivity (Wildman–Crippen MR) is 78.2 cm³/mol. The maximum atomic E-state index is 11.0. The first-order chi connectivity index (χ1) is 10.1. The number of carbonyl (C=O) groups is 1. The fourth-order valence-electron chi connectivity index (χ4n) is 2.91. The van der Waals surface area contributed by atoms with Crippen LogP contribution in [0.4, 0.5) is 5.69 Å². The van der Waals surface area contributed by atoms with E-state index in [4.69, 9.17) is 5.11 Å². The van der Waals surface area contributed by atoms with E-state index in [1.54, 1.807) is 18.2 Å². The lowest BCUT2D eigenvalue weighted by atomic mass is 9.86. The number of nitro groups is 1. The molecule has 0 bridgehead atoms. The lowest BCUT2D eigenvalue weighted by Gasteiger charge is -2.27. The SMILES string of the molecule is O=C(O)C1CCCC(NCCc2ccccc2[N+](=O)[O-])C1. The second-order valence-electron chi connectivity index (χ2n) is 5.49. The van der Waals surface area contributed by atoms with E-state index in [9.17, 15) is 14.9 Å². The van der Waals surface area contributed by atoms with Crippen LogP contribution in [-0.4, -0.2) is 28.6 Å². The number of hydrogen-bond donors (Lipinski definition) is 2. The minimum absolute atomic E-state index is 0.145. The summed E-state index contributed by atoms with van der Waals surface area (Å²) in [7, 11) is 0. The van der Waals surface area contributed by atoms with Crippen molar-refractivity contribution in [3.63, 3.8) is 0 Å². The maximum Gasteiger partial charge on any atom is 0.306 e. The molecule has 2 rings (SSSR count). The van der Waals surface area contributed by atoms with Crippen LogP contribution >= 0.6 is 0 Å². The first-order valence-electron chi connectivity index (χ1n) is 7.26. The van der Waals surface area contributed by atoms with Crippen LogP contribution in [0.25, 0.3) is 0 Å². The molecule has 2 atom stereocenters. The Hall–Kier alpha value is -1.95. The van der Waals surface area contributed by atoms with Gasteiger partial charge in [0.2, 0.25) is 0 Å². The summed E-state index contributed by atoms with van der Waals surface area (Å²) in [5.74, 6) is -0.984. The quantitative estimate of drug-likeness (QED) is 0.620. The molecule has 0 amide bonds. The molecule has 6 heteroatoms. The van der Waals surface area contributed by atoms with Gasteiger partial charge >= 0.3 is 5.97 Å². The van der Waals surface area contributed by atoms with E-state index >= 15 is 0 Å². The van der Waals surface area contributed by atoms with Crippen LogP contribution in [0.3, 0.4) is 0 Å². The van der Waals surface area contributed by atoms with Gasteiger partial charge < -0.3 is 10.4 Å². The van der Waals surface area contributed by atoms with Crippen molar-refractivity contribution in [2.24, 2.45) is 5.92 Å². The Morgan fingerprint density at radius 1 is 1.38 bits per heavy atom. The molecule has 0 aliphatic heterocycles. The fourth-order valence-corrected chi connectivity index (χ4v) is 2.91. The summed E-state index contributed by atoms with van der Waals surface area (Å²) in [6, 6.07) is 6.93. The van der Waals surface area contributed by atoms with Crippen LogP contribution in [0.2, 0.25) is 0 Å². The minimum Gasteiger partial charge on any atom is -0.481 e. The second-order valence-corrected chi connectivity index (χ2v) is 5.49. The van der Waals surface area contributed by atoms with Crippen LogP contribution < -0.4 is 5.32 Å². The van der Waals surface area contributed by atoms with Gasteiger partial charge in [0, 0.05) is 17.7 Å². The number of carboxylic acid groups (broad SMARTS) is 1. The van der Waals surface area contributed by atoms with Crippen molar-refractivity contribution in [1.29, 1.82) is 0 Å². The van der Waals surface area contributed by atoms with E-state index in [1.807, 2.05) is 0 Å². The van der Waals surface area contributed by atoms with E-state index in [2.05, 4.69) is 5.32 Å². The average Bonchev–Trinajstić information content (AvgIpc) is 2.48. The zero-order valence-corrected chi connectivity index (χ0v) is 11.8. The highest BCUT2D eigenvalue weighted by Crippen LogP contribution is 2.24. The molecule has 1 saturated carbocycles. The number of nitro benzene ring substituents is 1. The summed E-state index contributed by atoms with van der Waals surface area (Å²) in [5, 5.41) is 23.3. The number of benzene rings is 1. The molecule has 0 heterocycles. The molecule has 1 aromatic rings. The van der Waals surface area contributed by atoms with Crippen LogP contribution in [0.1, 0.15) is 31.2 Å². The number of carboxylic acids is 1. The summed E-state index contributed by atoms with van der Waals surface area (Å²) >= 11 is 0. The van der Waals surface area contributed by atoms with Gasteiger partial charge in [0.25, 0.3) is 5.69 Å². The zero-order chi connectivity index (χ0) is 15.2. The Balaban J connectivity index is 1.84. The Bertz CT molecular complexity index is 518. The van der Waals surface area contributed by atoms with Gasteiger partial charge in [-0.3, -0.25) is 14.9 Å². The first kappa shape index (κ1) is 15.4. The monoisotopic (exact) mass is 292 g/mol. The van der Waals surface area contributed by atoms with E-state index in [-0.39, 0.29) is 22.6 Å². The summed E-state index contributed by atoms with van der Waals surface area (Å²) < 4.78 is 0. The molecular formula is C15H20N2O4. The lowest BCUT2D eigenvalue weighted by Crippen LogP contribution is -2.37. The number of aliphatic carboxylic acids is 1. The molecule has 1 aliphatic rings. The van der Waals surface area contributed by atoms with Crippen LogP contribution in [-0.2, 0) is 11.2 Å². The third-order valence-corrected chi connectivity index (χ3v) is 4.04. The van der Waals surface area contributed by atoms with E-state index in [0.717, 1.165) is 19.3 Å². The van der Waals surface area contributed by atoms with Gasteiger partial charge in [-0.05, 0) is 32.2 Å². The van der Waals surface area contributed by atoms with Gasteiger partial charge in [-0.15, -0.1) is 0 Å². The number of nitrogens with one attached hydrogen (secondary N) is 1. The topological polar surface area (TPSA) is 92.5 Å². The van der Waals surface area contributed by atoms with Crippen LogP contribution in [0, 0.1) is 16.0 Å². The van der Waals surface area contributed by atoms with Gasteiger partial charge in [-0.25, -0.2) is 0 Å². The maximum absolute atomic E-state index is 11.0. The van der Waals surface area contributed by atoms with Gasteiger partial charge in [0.1, 0.15) is 0 Å².